The smallest absolute Gasteiger partial charge is 0.872 e. The summed E-state index contributed by atoms with van der Waals surface area (Å²) < 4.78 is 0. The molecule has 3 heteroatoms. The Kier molecular flexibility index (Phi) is 14.9. The largest absolute Gasteiger partial charge is 4.00 e. The molecule has 0 heterocycles. The second kappa shape index (κ2) is 16.5. The topological polar surface area (TPSA) is 46.1 Å². The van der Waals surface area contributed by atoms with Gasteiger partial charge in [-0.15, -0.1) is 11.5 Å². The van der Waals surface area contributed by atoms with Crippen molar-refractivity contribution in [3.8, 4) is 11.5 Å². The van der Waals surface area contributed by atoms with E-state index in [1.165, 1.54) is 24.3 Å². The average Bonchev–Trinajstić information content (AvgIpc) is 3.36. The maximum absolute atomic E-state index is 10.3. The number of rotatable bonds is 0. The molecule has 0 N–H and O–H groups in total. The fourth-order valence-corrected chi connectivity index (χ4v) is 1.48. The Balaban J connectivity index is 0.000000307. The number of hydrogen-bond donors (Lipinski definition) is 0. The number of benzene rings is 2. The summed E-state index contributed by atoms with van der Waals surface area (Å²) in [7, 11) is 0. The van der Waals surface area contributed by atoms with Crippen molar-refractivity contribution in [2.45, 2.75) is 0 Å². The molecule has 0 saturated carbocycles. The van der Waals surface area contributed by atoms with E-state index >= 15 is 0 Å². The van der Waals surface area contributed by atoms with Crippen molar-refractivity contribution in [2.75, 3.05) is 0 Å². The van der Waals surface area contributed by atoms with Crippen molar-refractivity contribution in [1.29, 1.82) is 0 Å². The van der Waals surface area contributed by atoms with E-state index < -0.39 is 0 Å². The average molecular weight is 495 g/mol. The molecule has 0 fully saturated rings. The van der Waals surface area contributed by atoms with Gasteiger partial charge in [0.15, 0.2) is 0 Å². The van der Waals surface area contributed by atoms with E-state index in [9.17, 15) is 10.2 Å². The Morgan fingerprint density at radius 1 is 0.440 bits per heavy atom. The van der Waals surface area contributed by atoms with Gasteiger partial charge in [-0.25, -0.2) is 24.3 Å². The van der Waals surface area contributed by atoms with E-state index in [4.69, 9.17) is 0 Å². The van der Waals surface area contributed by atoms with Crippen molar-refractivity contribution in [1.82, 2.24) is 0 Å². The van der Waals surface area contributed by atoms with E-state index in [0.29, 0.717) is 0 Å². The Morgan fingerprint density at radius 2 is 0.720 bits per heavy atom. The van der Waals surface area contributed by atoms with Crippen LogP contribution >= 0.6 is 0 Å². The van der Waals surface area contributed by atoms with Gasteiger partial charge in [0.25, 0.3) is 0 Å². The molecule has 4 aromatic carbocycles. The minimum absolute atomic E-state index is 0. The molecule has 0 bridgehead atoms. The standard InChI is InChI=1S/2C6H6O.2C5H5.Hf/c2*7-6-4-2-1-3-5-6;2*1-2-4-5-3-1;/h2*1-5,7H;2*1-5H;/q;;2*-1;+4/p-2. The third-order valence-electron chi connectivity index (χ3n) is 2.60. The van der Waals surface area contributed by atoms with Crippen LogP contribution in [0.4, 0.5) is 0 Å². The molecule has 0 amide bonds. The van der Waals surface area contributed by atoms with Gasteiger partial charge >= 0.3 is 25.8 Å². The predicted molar refractivity (Wildman–Crippen MR) is 95.8 cm³/mol. The molecule has 0 aliphatic rings. The minimum Gasteiger partial charge on any atom is -0.872 e. The van der Waals surface area contributed by atoms with Crippen molar-refractivity contribution in [3.63, 3.8) is 0 Å². The Morgan fingerprint density at radius 3 is 0.840 bits per heavy atom. The summed E-state index contributed by atoms with van der Waals surface area (Å²) in [5.74, 6) is 0.144. The number of para-hydroxylation sites is 2. The van der Waals surface area contributed by atoms with Crippen LogP contribution < -0.4 is 10.2 Å². The van der Waals surface area contributed by atoms with Gasteiger partial charge in [-0.05, 0) is 0 Å². The van der Waals surface area contributed by atoms with Crippen LogP contribution in [-0.2, 0) is 25.8 Å². The summed E-state index contributed by atoms with van der Waals surface area (Å²) in [6.45, 7) is 0. The Labute approximate surface area is 168 Å². The van der Waals surface area contributed by atoms with Crippen LogP contribution in [0.1, 0.15) is 0 Å². The Hall–Kier alpha value is -2.39. The molecule has 2 nitrogen and oxygen atoms in total. The first-order valence-electron chi connectivity index (χ1n) is 7.56. The predicted octanol–water partition coefficient (Wildman–Crippen LogP) is 4.33. The normalized spacial score (nSPS) is 8.00. The molecule has 0 atom stereocenters. The van der Waals surface area contributed by atoms with Crippen LogP contribution in [-0.4, -0.2) is 0 Å². The van der Waals surface area contributed by atoms with Crippen LogP contribution in [0.25, 0.3) is 0 Å². The first-order chi connectivity index (χ1) is 11.8. The summed E-state index contributed by atoms with van der Waals surface area (Å²) in [5, 5.41) is 20.5. The van der Waals surface area contributed by atoms with E-state index in [0.717, 1.165) is 0 Å². The molecule has 0 spiro atoms. The second-order valence-corrected chi connectivity index (χ2v) is 4.55. The van der Waals surface area contributed by atoms with Gasteiger partial charge in [-0.1, -0.05) is 60.7 Å². The summed E-state index contributed by atoms with van der Waals surface area (Å²) in [6, 6.07) is 36.7. The maximum atomic E-state index is 10.3. The fraction of sp³-hybridized carbons (Fsp3) is 0. The van der Waals surface area contributed by atoms with Gasteiger partial charge in [0.1, 0.15) is 0 Å². The van der Waals surface area contributed by atoms with E-state index in [1.807, 2.05) is 72.8 Å². The summed E-state index contributed by atoms with van der Waals surface area (Å²) in [4.78, 5) is 0. The van der Waals surface area contributed by atoms with Crippen molar-refractivity contribution < 1.29 is 36.1 Å². The van der Waals surface area contributed by atoms with Crippen LogP contribution in [0.5, 0.6) is 11.5 Å². The molecule has 4 rings (SSSR count). The van der Waals surface area contributed by atoms with Gasteiger partial charge in [0, 0.05) is 0 Å². The van der Waals surface area contributed by atoms with Crippen molar-refractivity contribution in [3.05, 3.63) is 121 Å². The first-order valence-corrected chi connectivity index (χ1v) is 7.56. The number of hydrogen-bond acceptors (Lipinski definition) is 2. The summed E-state index contributed by atoms with van der Waals surface area (Å²) >= 11 is 0. The van der Waals surface area contributed by atoms with Crippen LogP contribution in [0.15, 0.2) is 121 Å². The SMILES string of the molecule is [Hf+4].[O-]c1ccccc1.[O-]c1ccccc1.c1cc[cH-]c1.c1cc[cH-]c1. The van der Waals surface area contributed by atoms with E-state index in [1.54, 1.807) is 24.3 Å². The first kappa shape index (κ1) is 22.6. The zero-order chi connectivity index (χ0) is 17.3. The molecule has 0 unspecified atom stereocenters. The van der Waals surface area contributed by atoms with Gasteiger partial charge in [0.2, 0.25) is 0 Å². The molecule has 0 aliphatic heterocycles. The zero-order valence-electron chi connectivity index (χ0n) is 13.9. The Bertz CT molecular complexity index is 577. The van der Waals surface area contributed by atoms with Gasteiger partial charge in [-0.3, -0.25) is 0 Å². The fourth-order valence-electron chi connectivity index (χ4n) is 1.48. The molecule has 4 aromatic rings. The minimum atomic E-state index is 0. The van der Waals surface area contributed by atoms with Gasteiger partial charge in [-0.2, -0.15) is 36.4 Å². The summed E-state index contributed by atoms with van der Waals surface area (Å²) in [5.41, 5.74) is 0. The molecule has 25 heavy (non-hydrogen) atoms. The molecule has 0 saturated heterocycles. The quantitative estimate of drug-likeness (QED) is 0.270. The third-order valence-corrected chi connectivity index (χ3v) is 2.60. The van der Waals surface area contributed by atoms with Crippen LogP contribution in [0, 0.1) is 0 Å². The summed E-state index contributed by atoms with van der Waals surface area (Å²) in [6.07, 6.45) is 0. The zero-order valence-corrected chi connectivity index (χ0v) is 17.5. The molecule has 0 aromatic heterocycles. The molecule has 0 radical (unpaired) electrons. The van der Waals surface area contributed by atoms with Crippen LogP contribution in [0.2, 0.25) is 0 Å². The van der Waals surface area contributed by atoms with E-state index in [-0.39, 0.29) is 37.3 Å². The van der Waals surface area contributed by atoms with E-state index in [2.05, 4.69) is 0 Å². The molecular weight excluding hydrogens is 475 g/mol. The molecule has 0 aliphatic carbocycles. The molecule has 124 valence electrons. The molecular formula is C22H20HfO2. The monoisotopic (exact) mass is 496 g/mol. The van der Waals surface area contributed by atoms with Crippen molar-refractivity contribution >= 4 is 0 Å². The maximum Gasteiger partial charge on any atom is 4.00 e. The van der Waals surface area contributed by atoms with Gasteiger partial charge in [0.05, 0.1) is 0 Å². The third kappa shape index (κ3) is 14.9. The second-order valence-electron chi connectivity index (χ2n) is 4.55. The van der Waals surface area contributed by atoms with Crippen LogP contribution in [0.3, 0.4) is 0 Å². The van der Waals surface area contributed by atoms with Crippen molar-refractivity contribution in [2.24, 2.45) is 0 Å². The van der Waals surface area contributed by atoms with Gasteiger partial charge < -0.3 is 10.2 Å².